The number of allylic oxidation sites excluding steroid dienone is 16. The minimum Gasteiger partial charge on any atom is -0.394 e. The molecule has 2 unspecified atom stereocenters. The first kappa shape index (κ1) is 60.3. The average molecular weight is 874 g/mol. The molecule has 0 aromatic carbocycles. The van der Waals surface area contributed by atoms with Crippen LogP contribution >= 0.6 is 0 Å². The van der Waals surface area contributed by atoms with E-state index in [-0.39, 0.29) is 12.5 Å². The van der Waals surface area contributed by atoms with Crippen molar-refractivity contribution in [1.82, 2.24) is 5.32 Å². The van der Waals surface area contributed by atoms with Gasteiger partial charge in [-0.15, -0.1) is 0 Å². The Morgan fingerprint density at radius 1 is 0.397 bits per heavy atom. The second-order valence-electron chi connectivity index (χ2n) is 17.9. The molecule has 0 aliphatic heterocycles. The molecule has 0 rings (SSSR count). The molecule has 0 aromatic rings. The molecule has 2 atom stereocenters. The maximum absolute atomic E-state index is 12.4. The van der Waals surface area contributed by atoms with Crippen molar-refractivity contribution in [3.8, 4) is 0 Å². The van der Waals surface area contributed by atoms with Crippen molar-refractivity contribution in [2.75, 3.05) is 6.61 Å². The maximum Gasteiger partial charge on any atom is 0.220 e. The number of rotatable bonds is 48. The van der Waals surface area contributed by atoms with Gasteiger partial charge in [-0.1, -0.05) is 265 Å². The molecule has 3 N–H and O–H groups in total. The number of amides is 1. The van der Waals surface area contributed by atoms with Gasteiger partial charge in [0.1, 0.15) is 0 Å². The molecular weight excluding hydrogens is 771 g/mol. The van der Waals surface area contributed by atoms with Crippen molar-refractivity contribution >= 4 is 5.91 Å². The van der Waals surface area contributed by atoms with Gasteiger partial charge in [0.15, 0.2) is 0 Å². The Morgan fingerprint density at radius 3 is 1.05 bits per heavy atom. The first-order valence-corrected chi connectivity index (χ1v) is 26.9. The molecule has 0 saturated carbocycles. The van der Waals surface area contributed by atoms with E-state index in [4.69, 9.17) is 0 Å². The van der Waals surface area contributed by atoms with Gasteiger partial charge >= 0.3 is 0 Å². The fraction of sp³-hybridized carbons (Fsp3) is 0.712. The van der Waals surface area contributed by atoms with Gasteiger partial charge in [-0.3, -0.25) is 4.79 Å². The number of carbonyl (C=O) groups excluding carboxylic acids is 1. The van der Waals surface area contributed by atoms with Crippen LogP contribution < -0.4 is 5.32 Å². The molecule has 0 bridgehead atoms. The molecule has 0 aliphatic carbocycles. The summed E-state index contributed by atoms with van der Waals surface area (Å²) in [6.45, 7) is 4.23. The highest BCUT2D eigenvalue weighted by molar-refractivity contribution is 5.76. The lowest BCUT2D eigenvalue weighted by atomic mass is 10.0. The molecule has 0 spiro atoms. The number of aliphatic hydroxyl groups excluding tert-OH is 2. The summed E-state index contributed by atoms with van der Waals surface area (Å²) < 4.78 is 0. The zero-order valence-electron chi connectivity index (χ0n) is 41.6. The maximum atomic E-state index is 12.4. The summed E-state index contributed by atoms with van der Waals surface area (Å²) >= 11 is 0. The lowest BCUT2D eigenvalue weighted by Gasteiger charge is -2.22. The normalized spacial score (nSPS) is 13.7. The summed E-state index contributed by atoms with van der Waals surface area (Å²) in [5.41, 5.74) is 0. The van der Waals surface area contributed by atoms with Crippen LogP contribution in [0.4, 0.5) is 0 Å². The molecule has 0 radical (unpaired) electrons. The summed E-state index contributed by atoms with van der Waals surface area (Å²) in [6, 6.07) is -0.538. The van der Waals surface area contributed by atoms with E-state index in [1.165, 1.54) is 148 Å². The molecular formula is C59H103NO3. The van der Waals surface area contributed by atoms with Crippen LogP contribution in [0.15, 0.2) is 97.2 Å². The number of hydrogen-bond donors (Lipinski definition) is 3. The molecule has 1 amide bonds. The van der Waals surface area contributed by atoms with Crippen LogP contribution in [-0.2, 0) is 4.79 Å². The highest BCUT2D eigenvalue weighted by Crippen LogP contribution is 2.16. The third-order valence-electron chi connectivity index (χ3n) is 11.9. The van der Waals surface area contributed by atoms with E-state index < -0.39 is 12.1 Å². The van der Waals surface area contributed by atoms with Crippen molar-refractivity contribution in [1.29, 1.82) is 0 Å². The topological polar surface area (TPSA) is 69.6 Å². The van der Waals surface area contributed by atoms with Gasteiger partial charge in [0.25, 0.3) is 0 Å². The predicted octanol–water partition coefficient (Wildman–Crippen LogP) is 17.7. The fourth-order valence-corrected chi connectivity index (χ4v) is 7.79. The summed E-state index contributed by atoms with van der Waals surface area (Å²) in [7, 11) is 0. The first-order valence-electron chi connectivity index (χ1n) is 26.9. The molecule has 63 heavy (non-hydrogen) atoms. The SMILES string of the molecule is CC/C=C\C/C=C\C/C=C\C/C=C\C/C=C\C/C=C\C/C=C\C/C=C\CCCCCCCCCCCCCCCCCCC(=O)NC(CO)C(O)CCCCCCCCCCCC. The van der Waals surface area contributed by atoms with E-state index in [1.54, 1.807) is 0 Å². The highest BCUT2D eigenvalue weighted by Gasteiger charge is 2.20. The Bertz CT molecular complexity index is 1170. The van der Waals surface area contributed by atoms with Crippen LogP contribution in [0.1, 0.15) is 251 Å². The van der Waals surface area contributed by atoms with Crippen molar-refractivity contribution < 1.29 is 15.0 Å². The highest BCUT2D eigenvalue weighted by atomic mass is 16.3. The van der Waals surface area contributed by atoms with Crippen LogP contribution in [0.5, 0.6) is 0 Å². The summed E-state index contributed by atoms with van der Waals surface area (Å²) in [5, 5.41) is 23.1. The minimum absolute atomic E-state index is 0.0348. The third kappa shape index (κ3) is 50.2. The van der Waals surface area contributed by atoms with Crippen molar-refractivity contribution in [3.63, 3.8) is 0 Å². The standard InChI is InChI=1S/C59H103NO3/c1-3-5-7-9-11-13-15-16-17-18-19-20-21-22-23-24-25-26-27-28-29-30-31-32-33-34-35-36-37-38-39-40-41-42-43-44-45-47-49-51-53-55-59(63)60-57(56-61)58(62)54-52-50-48-46-14-12-10-8-6-4-2/h5,7,11,13,16-17,19-20,22-23,25-26,28-29,31-32,57-58,61-62H,3-4,6,8-10,12,14-15,18,21,24,27,30,33-56H2,1-2H3,(H,60,63)/b7-5-,13-11-,17-16-,20-19-,23-22-,26-25-,29-28-,32-31-. The molecule has 4 heteroatoms. The number of carbonyl (C=O) groups is 1. The van der Waals surface area contributed by atoms with Crippen LogP contribution in [0.25, 0.3) is 0 Å². The van der Waals surface area contributed by atoms with Crippen molar-refractivity contribution in [2.45, 2.75) is 264 Å². The molecule has 0 heterocycles. The number of aliphatic hydroxyl groups is 2. The van der Waals surface area contributed by atoms with E-state index in [2.05, 4.69) is 116 Å². The van der Waals surface area contributed by atoms with Crippen LogP contribution in [0, 0.1) is 0 Å². The molecule has 0 saturated heterocycles. The smallest absolute Gasteiger partial charge is 0.220 e. The van der Waals surface area contributed by atoms with Gasteiger partial charge in [0.05, 0.1) is 18.8 Å². The largest absolute Gasteiger partial charge is 0.394 e. The van der Waals surface area contributed by atoms with Gasteiger partial charge in [0.2, 0.25) is 5.91 Å². The average Bonchev–Trinajstić information content (AvgIpc) is 3.29. The molecule has 362 valence electrons. The number of nitrogens with one attached hydrogen (secondary N) is 1. The van der Waals surface area contributed by atoms with Gasteiger partial charge in [-0.25, -0.2) is 0 Å². The number of unbranched alkanes of at least 4 members (excludes halogenated alkanes) is 25. The Kier molecular flexibility index (Phi) is 51.4. The van der Waals surface area contributed by atoms with E-state index in [0.29, 0.717) is 12.8 Å². The Hall–Kier alpha value is -2.69. The Balaban J connectivity index is 3.48. The van der Waals surface area contributed by atoms with Gasteiger partial charge in [-0.2, -0.15) is 0 Å². The summed E-state index contributed by atoms with van der Waals surface area (Å²) in [6.07, 6.45) is 79.6. The van der Waals surface area contributed by atoms with Crippen LogP contribution in [0.3, 0.4) is 0 Å². The van der Waals surface area contributed by atoms with Crippen LogP contribution in [-0.4, -0.2) is 34.9 Å². The molecule has 0 aliphatic rings. The second-order valence-corrected chi connectivity index (χ2v) is 17.9. The minimum atomic E-state index is -0.660. The van der Waals surface area contributed by atoms with Crippen molar-refractivity contribution in [2.24, 2.45) is 0 Å². The predicted molar refractivity (Wildman–Crippen MR) is 280 cm³/mol. The molecule has 4 nitrogen and oxygen atoms in total. The van der Waals surface area contributed by atoms with Crippen molar-refractivity contribution in [3.05, 3.63) is 97.2 Å². The summed E-state index contributed by atoms with van der Waals surface area (Å²) in [4.78, 5) is 12.4. The third-order valence-corrected chi connectivity index (χ3v) is 11.9. The zero-order valence-corrected chi connectivity index (χ0v) is 41.6. The van der Waals surface area contributed by atoms with Crippen LogP contribution in [0.2, 0.25) is 0 Å². The molecule has 0 aromatic heterocycles. The van der Waals surface area contributed by atoms with Gasteiger partial charge < -0.3 is 15.5 Å². The zero-order chi connectivity index (χ0) is 45.6. The first-order chi connectivity index (χ1) is 31.2. The van der Waals surface area contributed by atoms with E-state index in [0.717, 1.165) is 77.0 Å². The Labute approximate surface area is 392 Å². The second kappa shape index (κ2) is 53.6. The van der Waals surface area contributed by atoms with E-state index in [1.807, 2.05) is 0 Å². The lowest BCUT2D eigenvalue weighted by molar-refractivity contribution is -0.123. The monoisotopic (exact) mass is 874 g/mol. The fourth-order valence-electron chi connectivity index (χ4n) is 7.79. The van der Waals surface area contributed by atoms with E-state index >= 15 is 0 Å². The summed E-state index contributed by atoms with van der Waals surface area (Å²) in [5.74, 6) is -0.0348. The molecule has 0 fully saturated rings. The van der Waals surface area contributed by atoms with Gasteiger partial charge in [0, 0.05) is 6.42 Å². The van der Waals surface area contributed by atoms with E-state index in [9.17, 15) is 15.0 Å². The number of hydrogen-bond acceptors (Lipinski definition) is 3. The van der Waals surface area contributed by atoms with Gasteiger partial charge in [-0.05, 0) is 77.0 Å². The quantitative estimate of drug-likeness (QED) is 0.0421. The lowest BCUT2D eigenvalue weighted by Crippen LogP contribution is -2.45. The Morgan fingerprint density at radius 2 is 0.698 bits per heavy atom.